The Hall–Kier alpha value is -0.520. The molecule has 0 spiro atoms. The fraction of sp³-hybridized carbons (Fsp3) is 0.733. The lowest BCUT2D eigenvalue weighted by Crippen LogP contribution is -2.41. The molecule has 0 saturated heterocycles. The molecule has 0 saturated carbocycles. The number of hydrogen-bond acceptors (Lipinski definition) is 2. The summed E-state index contributed by atoms with van der Waals surface area (Å²) in [5.41, 5.74) is 0.810. The largest absolute Gasteiger partial charge is 0.352 e. The van der Waals surface area contributed by atoms with Crippen LogP contribution in [0, 0.1) is 5.92 Å². The molecule has 1 rings (SSSR count). The van der Waals surface area contributed by atoms with Crippen LogP contribution in [0.3, 0.4) is 0 Å². The lowest BCUT2D eigenvalue weighted by atomic mass is 10.1. The lowest BCUT2D eigenvalue weighted by molar-refractivity contribution is 0.277. The van der Waals surface area contributed by atoms with Gasteiger partial charge in [-0.3, -0.25) is 0 Å². The van der Waals surface area contributed by atoms with Crippen molar-refractivity contribution in [3.8, 4) is 0 Å². The molecule has 1 heterocycles. The first-order valence-corrected chi connectivity index (χ1v) is 9.48. The molecule has 0 atom stereocenters. The van der Waals surface area contributed by atoms with Crippen LogP contribution in [-0.2, 0) is 23.0 Å². The van der Waals surface area contributed by atoms with Crippen molar-refractivity contribution < 1.29 is 8.42 Å². The van der Waals surface area contributed by atoms with Crippen LogP contribution in [0.25, 0.3) is 0 Å². The Labute approximate surface area is 134 Å². The minimum atomic E-state index is -3.48. The summed E-state index contributed by atoms with van der Waals surface area (Å²) in [5, 5.41) is 0. The molecule has 0 aliphatic rings. The zero-order chi connectivity index (χ0) is 16.2. The fourth-order valence-electron chi connectivity index (χ4n) is 2.49. The summed E-state index contributed by atoms with van der Waals surface area (Å²) in [7, 11) is -1.66. The molecule has 0 aromatic carbocycles. The smallest absolute Gasteiger partial charge is 0.244 e. The van der Waals surface area contributed by atoms with Crippen molar-refractivity contribution in [2.24, 2.45) is 13.0 Å². The van der Waals surface area contributed by atoms with Gasteiger partial charge in [-0.25, -0.2) is 8.42 Å². The van der Waals surface area contributed by atoms with Gasteiger partial charge in [-0.15, -0.1) is 11.6 Å². The molecule has 1 aromatic heterocycles. The van der Waals surface area contributed by atoms with E-state index in [9.17, 15) is 8.42 Å². The van der Waals surface area contributed by atoms with Gasteiger partial charge in [-0.1, -0.05) is 27.7 Å². The Morgan fingerprint density at radius 3 is 2.24 bits per heavy atom. The fourth-order valence-corrected chi connectivity index (χ4v) is 4.78. The van der Waals surface area contributed by atoms with Gasteiger partial charge in [0.05, 0.1) is 5.88 Å². The standard InChI is InChI=1S/C15H27ClN2O2S/c1-6-13(7-2)18(10-12(3)4)21(19,20)15-8-14(9-16)17(5)11-15/h8,11-13H,6-7,9-10H2,1-5H3. The summed E-state index contributed by atoms with van der Waals surface area (Å²) in [6, 6.07) is 1.72. The van der Waals surface area contributed by atoms with Crippen molar-refractivity contribution in [3.63, 3.8) is 0 Å². The number of alkyl halides is 1. The molecule has 0 amide bonds. The van der Waals surface area contributed by atoms with Crippen molar-refractivity contribution >= 4 is 21.6 Å². The molecule has 0 aliphatic heterocycles. The van der Waals surface area contributed by atoms with Crippen LogP contribution >= 0.6 is 11.6 Å². The summed E-state index contributed by atoms with van der Waals surface area (Å²) in [6.45, 7) is 8.69. The Bertz CT molecular complexity index is 548. The van der Waals surface area contributed by atoms with Gasteiger partial charge >= 0.3 is 0 Å². The highest BCUT2D eigenvalue weighted by Crippen LogP contribution is 2.24. The second kappa shape index (κ2) is 7.65. The number of hydrogen-bond donors (Lipinski definition) is 0. The summed E-state index contributed by atoms with van der Waals surface area (Å²) in [5.74, 6) is 0.595. The van der Waals surface area contributed by atoms with Gasteiger partial charge in [0.1, 0.15) is 4.90 Å². The van der Waals surface area contributed by atoms with Gasteiger partial charge in [0.25, 0.3) is 0 Å². The van der Waals surface area contributed by atoms with Gasteiger partial charge in [0, 0.05) is 31.5 Å². The van der Waals surface area contributed by atoms with Crippen LogP contribution in [-0.4, -0.2) is 29.9 Å². The minimum Gasteiger partial charge on any atom is -0.352 e. The summed E-state index contributed by atoms with van der Waals surface area (Å²) in [6.07, 6.45) is 3.29. The van der Waals surface area contributed by atoms with Gasteiger partial charge in [-0.2, -0.15) is 4.31 Å². The average molecular weight is 335 g/mol. The number of halogens is 1. The Morgan fingerprint density at radius 2 is 1.86 bits per heavy atom. The maximum absolute atomic E-state index is 13.0. The molecule has 0 radical (unpaired) electrons. The predicted molar refractivity (Wildman–Crippen MR) is 88.1 cm³/mol. The van der Waals surface area contributed by atoms with Crippen molar-refractivity contribution in [1.29, 1.82) is 0 Å². The first-order chi connectivity index (χ1) is 9.77. The van der Waals surface area contributed by atoms with Crippen molar-refractivity contribution in [3.05, 3.63) is 18.0 Å². The Morgan fingerprint density at radius 1 is 1.29 bits per heavy atom. The van der Waals surface area contributed by atoms with Crippen LogP contribution in [0.15, 0.2) is 17.2 Å². The van der Waals surface area contributed by atoms with Gasteiger partial charge < -0.3 is 4.57 Å². The first kappa shape index (κ1) is 18.5. The zero-order valence-electron chi connectivity index (χ0n) is 13.6. The normalized spacial score (nSPS) is 12.8. The molecule has 0 unspecified atom stereocenters. The van der Waals surface area contributed by atoms with Crippen LogP contribution in [0.4, 0.5) is 0 Å². The van der Waals surface area contributed by atoms with Crippen molar-refractivity contribution in [2.45, 2.75) is 57.4 Å². The monoisotopic (exact) mass is 334 g/mol. The van der Waals surface area contributed by atoms with Crippen LogP contribution in [0.1, 0.15) is 46.2 Å². The number of nitrogens with zero attached hydrogens (tertiary/aromatic N) is 2. The van der Waals surface area contributed by atoms with E-state index in [-0.39, 0.29) is 12.0 Å². The zero-order valence-corrected chi connectivity index (χ0v) is 15.2. The Kier molecular flexibility index (Phi) is 6.75. The summed E-state index contributed by atoms with van der Waals surface area (Å²) in [4.78, 5) is 0.341. The average Bonchev–Trinajstić information content (AvgIpc) is 2.80. The molecule has 4 nitrogen and oxygen atoms in total. The Balaban J connectivity index is 3.25. The van der Waals surface area contributed by atoms with E-state index in [4.69, 9.17) is 11.6 Å². The molecule has 0 fully saturated rings. The van der Waals surface area contributed by atoms with Crippen LogP contribution in [0.2, 0.25) is 0 Å². The van der Waals surface area contributed by atoms with Crippen LogP contribution in [0.5, 0.6) is 0 Å². The SMILES string of the molecule is CCC(CC)N(CC(C)C)S(=O)(=O)c1cc(CCl)n(C)c1. The van der Waals surface area contributed by atoms with Gasteiger partial charge in [-0.05, 0) is 24.8 Å². The van der Waals surface area contributed by atoms with E-state index in [1.54, 1.807) is 21.1 Å². The topological polar surface area (TPSA) is 42.3 Å². The molecule has 122 valence electrons. The van der Waals surface area contributed by atoms with Gasteiger partial charge in [0.2, 0.25) is 10.0 Å². The third-order valence-corrected chi connectivity index (χ3v) is 5.88. The van der Waals surface area contributed by atoms with Crippen LogP contribution < -0.4 is 0 Å². The van der Waals surface area contributed by atoms with Crippen molar-refractivity contribution in [1.82, 2.24) is 8.87 Å². The molecule has 1 aromatic rings. The second-order valence-corrected chi connectivity index (χ2v) is 8.01. The summed E-state index contributed by atoms with van der Waals surface area (Å²) >= 11 is 5.85. The summed E-state index contributed by atoms with van der Waals surface area (Å²) < 4.78 is 29.4. The highest BCUT2D eigenvalue weighted by Gasteiger charge is 2.31. The molecule has 0 N–H and O–H groups in total. The lowest BCUT2D eigenvalue weighted by Gasteiger charge is -2.30. The van der Waals surface area contributed by atoms with E-state index in [0.717, 1.165) is 18.5 Å². The van der Waals surface area contributed by atoms with E-state index in [2.05, 4.69) is 0 Å². The predicted octanol–water partition coefficient (Wildman–Crippen LogP) is 3.60. The van der Waals surface area contributed by atoms with E-state index in [0.29, 0.717) is 17.3 Å². The molecular formula is C15H27ClN2O2S. The molecular weight excluding hydrogens is 308 g/mol. The van der Waals surface area contributed by atoms with E-state index in [1.165, 1.54) is 0 Å². The van der Waals surface area contributed by atoms with E-state index < -0.39 is 10.0 Å². The maximum atomic E-state index is 13.0. The maximum Gasteiger partial charge on any atom is 0.244 e. The second-order valence-electron chi connectivity index (χ2n) is 5.85. The molecule has 21 heavy (non-hydrogen) atoms. The molecule has 6 heteroatoms. The first-order valence-electron chi connectivity index (χ1n) is 7.50. The quantitative estimate of drug-likeness (QED) is 0.682. The highest BCUT2D eigenvalue weighted by molar-refractivity contribution is 7.89. The molecule has 0 aliphatic carbocycles. The third kappa shape index (κ3) is 4.24. The number of rotatable bonds is 8. The number of aryl methyl sites for hydroxylation is 1. The van der Waals surface area contributed by atoms with Gasteiger partial charge in [0.15, 0.2) is 0 Å². The van der Waals surface area contributed by atoms with E-state index in [1.807, 2.05) is 34.7 Å². The van der Waals surface area contributed by atoms with E-state index >= 15 is 0 Å². The highest BCUT2D eigenvalue weighted by atomic mass is 35.5. The third-order valence-electron chi connectivity index (χ3n) is 3.72. The minimum absolute atomic E-state index is 0.0389. The number of aromatic nitrogens is 1. The number of sulfonamides is 1. The molecule has 0 bridgehead atoms. The van der Waals surface area contributed by atoms with Crippen molar-refractivity contribution in [2.75, 3.05) is 6.54 Å².